The number of para-hydroxylation sites is 1. The SMILES string of the molecule is C#CCN1C(=O)N=C(N)C1c1cccc2c1OC(C)(C)C2. The number of hydrogen-bond donors (Lipinski definition) is 1. The molecule has 1 aromatic rings. The second kappa shape index (κ2) is 4.52. The fraction of sp³-hybridized carbons (Fsp3) is 0.375. The van der Waals surface area contributed by atoms with Crippen molar-refractivity contribution in [2.75, 3.05) is 6.54 Å². The van der Waals surface area contributed by atoms with Crippen LogP contribution in [0.1, 0.15) is 31.0 Å². The topological polar surface area (TPSA) is 67.9 Å². The highest BCUT2D eigenvalue weighted by atomic mass is 16.5. The van der Waals surface area contributed by atoms with Crippen LogP contribution in [0, 0.1) is 12.3 Å². The Morgan fingerprint density at radius 3 is 3.05 bits per heavy atom. The van der Waals surface area contributed by atoms with Gasteiger partial charge in [0.05, 0.1) is 6.54 Å². The van der Waals surface area contributed by atoms with Crippen LogP contribution in [0.4, 0.5) is 4.79 Å². The van der Waals surface area contributed by atoms with Gasteiger partial charge >= 0.3 is 6.03 Å². The summed E-state index contributed by atoms with van der Waals surface area (Å²) in [6.07, 6.45) is 6.17. The number of nitrogens with zero attached hydrogens (tertiary/aromatic N) is 2. The molecule has 2 amide bonds. The Balaban J connectivity index is 2.06. The summed E-state index contributed by atoms with van der Waals surface area (Å²) in [4.78, 5) is 17.2. The van der Waals surface area contributed by atoms with Crippen LogP contribution in [0.5, 0.6) is 5.75 Å². The van der Waals surface area contributed by atoms with E-state index in [1.54, 1.807) is 0 Å². The van der Waals surface area contributed by atoms with E-state index >= 15 is 0 Å². The average Bonchev–Trinajstić information content (AvgIpc) is 2.85. The molecule has 0 aliphatic carbocycles. The predicted molar refractivity (Wildman–Crippen MR) is 80.2 cm³/mol. The number of aliphatic imine (C=N–C) groups is 1. The highest BCUT2D eigenvalue weighted by Crippen LogP contribution is 2.42. The lowest BCUT2D eigenvalue weighted by Crippen LogP contribution is -2.34. The molecular weight excluding hydrogens is 266 g/mol. The van der Waals surface area contributed by atoms with Crippen molar-refractivity contribution in [3.05, 3.63) is 29.3 Å². The first-order chi connectivity index (χ1) is 9.93. The number of benzene rings is 1. The summed E-state index contributed by atoms with van der Waals surface area (Å²) in [6, 6.07) is 5.05. The van der Waals surface area contributed by atoms with Gasteiger partial charge in [-0.15, -0.1) is 6.42 Å². The normalized spacial score (nSPS) is 22.5. The van der Waals surface area contributed by atoms with Gasteiger partial charge in [0.1, 0.15) is 23.2 Å². The third-order valence-corrected chi connectivity index (χ3v) is 3.74. The van der Waals surface area contributed by atoms with Gasteiger partial charge in [-0.3, -0.25) is 4.90 Å². The van der Waals surface area contributed by atoms with Crippen molar-refractivity contribution in [2.45, 2.75) is 31.9 Å². The largest absolute Gasteiger partial charge is 0.487 e. The molecule has 1 aromatic carbocycles. The number of carbonyl (C=O) groups is 1. The maximum absolute atomic E-state index is 11.9. The van der Waals surface area contributed by atoms with Crippen molar-refractivity contribution >= 4 is 11.9 Å². The van der Waals surface area contributed by atoms with Crippen LogP contribution in [0.2, 0.25) is 0 Å². The zero-order valence-electron chi connectivity index (χ0n) is 12.1. The Bertz CT molecular complexity index is 685. The molecule has 2 aliphatic rings. The Labute approximate surface area is 123 Å². The van der Waals surface area contributed by atoms with Crippen LogP contribution in [-0.2, 0) is 6.42 Å². The zero-order chi connectivity index (χ0) is 15.2. The molecule has 1 unspecified atom stereocenters. The maximum Gasteiger partial charge on any atom is 0.346 e. The van der Waals surface area contributed by atoms with Crippen LogP contribution in [-0.4, -0.2) is 28.9 Å². The van der Waals surface area contributed by atoms with E-state index in [9.17, 15) is 4.79 Å². The van der Waals surface area contributed by atoms with E-state index in [4.69, 9.17) is 16.9 Å². The zero-order valence-corrected chi connectivity index (χ0v) is 12.1. The predicted octanol–water partition coefficient (Wildman–Crippen LogP) is 1.87. The molecular formula is C16H17N3O2. The van der Waals surface area contributed by atoms with Crippen molar-refractivity contribution in [3.63, 3.8) is 0 Å². The molecule has 1 atom stereocenters. The van der Waals surface area contributed by atoms with Gasteiger partial charge in [0.15, 0.2) is 0 Å². The van der Waals surface area contributed by atoms with Gasteiger partial charge in [0, 0.05) is 12.0 Å². The van der Waals surface area contributed by atoms with E-state index in [0.29, 0.717) is 0 Å². The summed E-state index contributed by atoms with van der Waals surface area (Å²) in [6.45, 7) is 4.24. The van der Waals surface area contributed by atoms with Crippen LogP contribution in [0.25, 0.3) is 0 Å². The van der Waals surface area contributed by atoms with Crippen LogP contribution in [0.15, 0.2) is 23.2 Å². The van der Waals surface area contributed by atoms with E-state index in [1.165, 1.54) is 4.90 Å². The van der Waals surface area contributed by atoms with E-state index in [0.717, 1.165) is 23.3 Å². The fourth-order valence-corrected chi connectivity index (χ4v) is 2.95. The van der Waals surface area contributed by atoms with E-state index in [-0.39, 0.29) is 18.0 Å². The number of nitrogens with two attached hydrogens (primary N) is 1. The summed E-state index contributed by atoms with van der Waals surface area (Å²) in [5.74, 6) is 3.53. The molecule has 5 nitrogen and oxygen atoms in total. The monoisotopic (exact) mass is 283 g/mol. The Kier molecular flexibility index (Phi) is 2.91. The molecule has 108 valence electrons. The minimum Gasteiger partial charge on any atom is -0.487 e. The minimum absolute atomic E-state index is 0.167. The minimum atomic E-state index is -0.447. The molecule has 0 bridgehead atoms. The number of amidine groups is 1. The number of fused-ring (bicyclic) bond motifs is 1. The Hall–Kier alpha value is -2.48. The molecule has 2 aliphatic heterocycles. The van der Waals surface area contributed by atoms with Gasteiger partial charge < -0.3 is 10.5 Å². The number of urea groups is 1. The lowest BCUT2D eigenvalue weighted by molar-refractivity contribution is 0.136. The van der Waals surface area contributed by atoms with Gasteiger partial charge in [0.2, 0.25) is 0 Å². The first-order valence-corrected chi connectivity index (χ1v) is 6.82. The van der Waals surface area contributed by atoms with Gasteiger partial charge in [0.25, 0.3) is 0 Å². The maximum atomic E-state index is 11.9. The first kappa shape index (κ1) is 13.5. The second-order valence-corrected chi connectivity index (χ2v) is 5.93. The number of rotatable bonds is 2. The highest BCUT2D eigenvalue weighted by Gasteiger charge is 2.39. The molecule has 0 saturated heterocycles. The molecule has 2 N–H and O–H groups in total. The molecule has 0 fully saturated rings. The van der Waals surface area contributed by atoms with E-state index in [2.05, 4.69) is 10.9 Å². The lowest BCUT2D eigenvalue weighted by atomic mass is 9.97. The second-order valence-electron chi connectivity index (χ2n) is 5.93. The number of terminal acetylenes is 1. The van der Waals surface area contributed by atoms with Crippen LogP contribution >= 0.6 is 0 Å². The van der Waals surface area contributed by atoms with Crippen LogP contribution < -0.4 is 10.5 Å². The molecule has 2 heterocycles. The summed E-state index contributed by atoms with van der Waals surface area (Å²) >= 11 is 0. The summed E-state index contributed by atoms with van der Waals surface area (Å²) in [5, 5.41) is 0. The fourth-order valence-electron chi connectivity index (χ4n) is 2.95. The highest BCUT2D eigenvalue weighted by molar-refractivity contribution is 6.03. The third kappa shape index (κ3) is 2.13. The Morgan fingerprint density at radius 1 is 1.57 bits per heavy atom. The van der Waals surface area contributed by atoms with Crippen molar-refractivity contribution in [3.8, 4) is 18.1 Å². The van der Waals surface area contributed by atoms with Gasteiger partial charge in [-0.1, -0.05) is 24.1 Å². The number of ether oxygens (including phenoxy) is 1. The average molecular weight is 283 g/mol. The standard InChI is InChI=1S/C16H17N3O2/c1-4-8-19-12(14(17)18-15(19)20)11-7-5-6-10-9-16(2,3)21-13(10)11/h1,5-7,12H,8-9H2,2-3H3,(H2,17,18,20). The van der Waals surface area contributed by atoms with Gasteiger partial charge in [-0.25, -0.2) is 4.79 Å². The van der Waals surface area contributed by atoms with Crippen molar-refractivity contribution in [1.29, 1.82) is 0 Å². The third-order valence-electron chi connectivity index (χ3n) is 3.74. The molecule has 0 aromatic heterocycles. The number of hydrogen-bond acceptors (Lipinski definition) is 3. The lowest BCUT2D eigenvalue weighted by Gasteiger charge is -2.25. The first-order valence-electron chi connectivity index (χ1n) is 6.82. The molecule has 21 heavy (non-hydrogen) atoms. The number of amides is 2. The molecule has 5 heteroatoms. The van der Waals surface area contributed by atoms with Crippen molar-refractivity contribution in [2.24, 2.45) is 10.7 Å². The number of carbonyl (C=O) groups excluding carboxylic acids is 1. The van der Waals surface area contributed by atoms with E-state index in [1.807, 2.05) is 32.0 Å². The quantitative estimate of drug-likeness (QED) is 0.842. The molecule has 0 radical (unpaired) electrons. The van der Waals surface area contributed by atoms with Crippen LogP contribution in [0.3, 0.4) is 0 Å². The van der Waals surface area contributed by atoms with Crippen molar-refractivity contribution in [1.82, 2.24) is 4.90 Å². The van der Waals surface area contributed by atoms with Crippen molar-refractivity contribution < 1.29 is 9.53 Å². The smallest absolute Gasteiger partial charge is 0.346 e. The summed E-state index contributed by atoms with van der Waals surface area (Å²) < 4.78 is 6.05. The summed E-state index contributed by atoms with van der Waals surface area (Å²) in [7, 11) is 0. The molecule has 0 saturated carbocycles. The van der Waals surface area contributed by atoms with Gasteiger partial charge in [-0.2, -0.15) is 4.99 Å². The molecule has 3 rings (SSSR count). The van der Waals surface area contributed by atoms with E-state index < -0.39 is 12.1 Å². The molecule has 0 spiro atoms. The Morgan fingerprint density at radius 2 is 2.33 bits per heavy atom. The summed E-state index contributed by atoms with van der Waals surface area (Å²) in [5.41, 5.74) is 7.65. The van der Waals surface area contributed by atoms with Gasteiger partial charge in [-0.05, 0) is 19.4 Å².